The molecule has 3 nitrogen and oxygen atoms in total. The number of aliphatic imine (C=N–C) groups is 1. The standard InChI is InChI=1S/C20H29NO2/c1-18(2,3)13-19(4,5)15-8-9-17(23)16(12-15)20(21-14-22)10-6-7-11-20/h8-9,12,23H,6-7,10-11,13H2,1-5H3. The van der Waals surface area contributed by atoms with Gasteiger partial charge in [0.15, 0.2) is 0 Å². The number of nitrogens with zero attached hydrogens (tertiary/aromatic N) is 1. The van der Waals surface area contributed by atoms with E-state index in [-0.39, 0.29) is 16.6 Å². The molecular formula is C20H29NO2. The summed E-state index contributed by atoms with van der Waals surface area (Å²) in [5.74, 6) is 0.237. The van der Waals surface area contributed by atoms with Gasteiger partial charge in [0.1, 0.15) is 11.3 Å². The van der Waals surface area contributed by atoms with Crippen LogP contribution in [0.3, 0.4) is 0 Å². The first-order valence-electron chi connectivity index (χ1n) is 8.53. The average Bonchev–Trinajstić information content (AvgIpc) is 2.86. The predicted octanol–water partition coefficient (Wildman–Crippen LogP) is 5.21. The van der Waals surface area contributed by atoms with Crippen LogP contribution in [0.15, 0.2) is 23.2 Å². The zero-order valence-electron chi connectivity index (χ0n) is 15.1. The number of isocyanates is 1. The lowest BCUT2D eigenvalue weighted by Crippen LogP contribution is -2.26. The highest BCUT2D eigenvalue weighted by atomic mass is 16.3. The summed E-state index contributed by atoms with van der Waals surface area (Å²) in [6.07, 6.45) is 6.44. The number of rotatable bonds is 4. The number of carbonyl (C=O) groups excluding carboxylic acids is 1. The molecule has 1 N–H and O–H groups in total. The van der Waals surface area contributed by atoms with Crippen molar-refractivity contribution in [2.45, 2.75) is 77.7 Å². The molecule has 1 saturated carbocycles. The van der Waals surface area contributed by atoms with Crippen molar-refractivity contribution in [3.8, 4) is 5.75 Å². The Balaban J connectivity index is 2.49. The van der Waals surface area contributed by atoms with Crippen LogP contribution in [0.4, 0.5) is 0 Å². The predicted molar refractivity (Wildman–Crippen MR) is 93.5 cm³/mol. The Labute approximate surface area is 139 Å². The summed E-state index contributed by atoms with van der Waals surface area (Å²) >= 11 is 0. The van der Waals surface area contributed by atoms with E-state index in [1.807, 2.05) is 6.07 Å². The highest BCUT2D eigenvalue weighted by Crippen LogP contribution is 2.47. The van der Waals surface area contributed by atoms with Crippen LogP contribution in [0.25, 0.3) is 0 Å². The highest BCUT2D eigenvalue weighted by molar-refractivity contribution is 5.47. The Hall–Kier alpha value is -1.60. The number of hydrogen-bond donors (Lipinski definition) is 1. The third-order valence-corrected chi connectivity index (χ3v) is 4.94. The minimum Gasteiger partial charge on any atom is -0.508 e. The number of hydrogen-bond acceptors (Lipinski definition) is 3. The first kappa shape index (κ1) is 17.7. The van der Waals surface area contributed by atoms with Crippen LogP contribution >= 0.6 is 0 Å². The second kappa shape index (κ2) is 6.13. The van der Waals surface area contributed by atoms with E-state index in [2.05, 4.69) is 45.7 Å². The molecule has 1 aromatic carbocycles. The van der Waals surface area contributed by atoms with Gasteiger partial charge in [-0.1, -0.05) is 53.5 Å². The SMILES string of the molecule is CC(C)(C)CC(C)(C)c1ccc(O)c(C2(N=C=O)CCCC2)c1. The van der Waals surface area contributed by atoms with Gasteiger partial charge in [0.25, 0.3) is 0 Å². The summed E-state index contributed by atoms with van der Waals surface area (Å²) in [5, 5.41) is 10.4. The summed E-state index contributed by atoms with van der Waals surface area (Å²) in [6.45, 7) is 11.2. The lowest BCUT2D eigenvalue weighted by atomic mass is 9.71. The number of aromatic hydroxyl groups is 1. The van der Waals surface area contributed by atoms with Crippen molar-refractivity contribution in [3.05, 3.63) is 29.3 Å². The Morgan fingerprint density at radius 1 is 1.17 bits per heavy atom. The highest BCUT2D eigenvalue weighted by Gasteiger charge is 2.39. The lowest BCUT2D eigenvalue weighted by molar-refractivity contribution is 0.283. The van der Waals surface area contributed by atoms with Gasteiger partial charge in [0.2, 0.25) is 6.08 Å². The van der Waals surface area contributed by atoms with E-state index in [1.54, 1.807) is 12.1 Å². The topological polar surface area (TPSA) is 49.7 Å². The second-order valence-electron chi connectivity index (χ2n) is 8.80. The van der Waals surface area contributed by atoms with Crippen molar-refractivity contribution < 1.29 is 9.90 Å². The lowest BCUT2D eigenvalue weighted by Gasteiger charge is -2.34. The molecule has 0 saturated heterocycles. The van der Waals surface area contributed by atoms with Gasteiger partial charge < -0.3 is 5.11 Å². The molecule has 1 aromatic rings. The van der Waals surface area contributed by atoms with E-state index in [0.717, 1.165) is 37.7 Å². The van der Waals surface area contributed by atoms with Gasteiger partial charge in [-0.05, 0) is 47.8 Å². The van der Waals surface area contributed by atoms with Crippen LogP contribution < -0.4 is 0 Å². The van der Waals surface area contributed by atoms with Gasteiger partial charge >= 0.3 is 0 Å². The van der Waals surface area contributed by atoms with Crippen LogP contribution in [-0.2, 0) is 15.7 Å². The molecule has 0 aliphatic heterocycles. The molecule has 1 aliphatic rings. The Morgan fingerprint density at radius 3 is 2.30 bits per heavy atom. The fraction of sp³-hybridized carbons (Fsp3) is 0.650. The van der Waals surface area contributed by atoms with Crippen molar-refractivity contribution >= 4 is 6.08 Å². The van der Waals surface area contributed by atoms with Gasteiger partial charge in [-0.15, -0.1) is 0 Å². The first-order valence-corrected chi connectivity index (χ1v) is 8.53. The zero-order chi connectivity index (χ0) is 17.3. The normalized spacial score (nSPS) is 17.8. The molecule has 0 heterocycles. The molecule has 23 heavy (non-hydrogen) atoms. The molecule has 0 aromatic heterocycles. The molecule has 0 atom stereocenters. The quantitative estimate of drug-likeness (QED) is 0.612. The number of benzene rings is 1. The summed E-state index contributed by atoms with van der Waals surface area (Å²) in [6, 6.07) is 5.82. The zero-order valence-corrected chi connectivity index (χ0v) is 15.1. The van der Waals surface area contributed by atoms with E-state index in [9.17, 15) is 9.90 Å². The molecule has 0 spiro atoms. The molecule has 1 fully saturated rings. The number of phenolic OH excluding ortho intramolecular Hbond substituents is 1. The molecule has 126 valence electrons. The summed E-state index contributed by atoms with van der Waals surface area (Å²) in [7, 11) is 0. The van der Waals surface area contributed by atoms with E-state index in [0.29, 0.717) is 0 Å². The van der Waals surface area contributed by atoms with Gasteiger partial charge in [-0.25, -0.2) is 4.79 Å². The van der Waals surface area contributed by atoms with Crippen LogP contribution in [-0.4, -0.2) is 11.2 Å². The third kappa shape index (κ3) is 3.84. The summed E-state index contributed by atoms with van der Waals surface area (Å²) in [5.41, 5.74) is 1.60. The molecule has 0 unspecified atom stereocenters. The number of phenols is 1. The first-order chi connectivity index (χ1) is 10.6. The Bertz CT molecular complexity index is 613. The molecule has 0 amide bonds. The maximum Gasteiger partial charge on any atom is 0.235 e. The van der Waals surface area contributed by atoms with Crippen molar-refractivity contribution in [1.82, 2.24) is 0 Å². The Morgan fingerprint density at radius 2 is 1.78 bits per heavy atom. The molecule has 0 bridgehead atoms. The van der Waals surface area contributed by atoms with E-state index in [1.165, 1.54) is 5.56 Å². The Kier molecular flexibility index (Phi) is 4.73. The van der Waals surface area contributed by atoms with Gasteiger partial charge in [-0.2, -0.15) is 4.99 Å². The minimum absolute atomic E-state index is 0.00854. The van der Waals surface area contributed by atoms with Gasteiger partial charge in [0.05, 0.1) is 0 Å². The largest absolute Gasteiger partial charge is 0.508 e. The van der Waals surface area contributed by atoms with Gasteiger partial charge in [0, 0.05) is 5.56 Å². The average molecular weight is 315 g/mol. The van der Waals surface area contributed by atoms with Crippen molar-refractivity contribution in [3.63, 3.8) is 0 Å². The van der Waals surface area contributed by atoms with Crippen molar-refractivity contribution in [2.24, 2.45) is 10.4 Å². The van der Waals surface area contributed by atoms with Crippen molar-refractivity contribution in [1.29, 1.82) is 0 Å². The molecular weight excluding hydrogens is 286 g/mol. The van der Waals surface area contributed by atoms with E-state index in [4.69, 9.17) is 0 Å². The van der Waals surface area contributed by atoms with Gasteiger partial charge in [-0.3, -0.25) is 0 Å². The third-order valence-electron chi connectivity index (χ3n) is 4.94. The second-order valence-corrected chi connectivity index (χ2v) is 8.80. The maximum absolute atomic E-state index is 10.9. The minimum atomic E-state index is -0.584. The van der Waals surface area contributed by atoms with E-state index < -0.39 is 5.54 Å². The van der Waals surface area contributed by atoms with Crippen LogP contribution in [0.5, 0.6) is 5.75 Å². The maximum atomic E-state index is 10.9. The summed E-state index contributed by atoms with van der Waals surface area (Å²) in [4.78, 5) is 15.1. The monoisotopic (exact) mass is 315 g/mol. The van der Waals surface area contributed by atoms with Crippen LogP contribution in [0.1, 0.15) is 77.8 Å². The molecule has 0 radical (unpaired) electrons. The molecule has 3 heteroatoms. The van der Waals surface area contributed by atoms with Crippen LogP contribution in [0, 0.1) is 5.41 Å². The summed E-state index contributed by atoms with van der Waals surface area (Å²) < 4.78 is 0. The smallest absolute Gasteiger partial charge is 0.235 e. The van der Waals surface area contributed by atoms with E-state index >= 15 is 0 Å². The molecule has 1 aliphatic carbocycles. The van der Waals surface area contributed by atoms with Crippen LogP contribution in [0.2, 0.25) is 0 Å². The fourth-order valence-electron chi connectivity index (χ4n) is 4.25. The van der Waals surface area contributed by atoms with Crippen molar-refractivity contribution in [2.75, 3.05) is 0 Å². The molecule has 2 rings (SSSR count). The fourth-order valence-corrected chi connectivity index (χ4v) is 4.25.